The van der Waals surface area contributed by atoms with Crippen molar-refractivity contribution in [3.8, 4) is 50.7 Å². The number of benzene rings is 11. The van der Waals surface area contributed by atoms with Crippen LogP contribution in [0.1, 0.15) is 107 Å². The molecule has 11 aromatic carbocycles. The second-order valence-electron chi connectivity index (χ2n) is 27.4. The van der Waals surface area contributed by atoms with Crippen molar-refractivity contribution in [2.24, 2.45) is 0 Å². The number of nitrogens with zero attached hydrogens (tertiary/aromatic N) is 5. The van der Waals surface area contributed by atoms with E-state index >= 15 is 0 Å². The minimum absolute atomic E-state index is 0. The van der Waals surface area contributed by atoms with Crippen LogP contribution in [0.15, 0.2) is 255 Å². The standard InChI is InChI=1S/C85H70N5O.Pt/c1-82(2,3)56-46-47-86-79(51-56)90-73-39-18-14-30-64(73)65-45-44-62(53-78(65)90)91-61-29-23-28-60(52-61)87-54-88(77-43-22-21-42-76(77)87)81-63(55-48-57(83(4,5)6)50-58(49-55)84(7,8)9)32-24-34-67(81)66-33-25-38-72-80(66)68-31-13-15-35-69(68)85(72)70-36-16-19-40-74(70)89(59-26-11-10-12-27-59)75-41-20-17-37-71(75)85;/h10-51,54H,1-9H3;/q-3;/i14D,18D,30D,39D;. The number of ether oxygens (including phenoxy) is 1. The Morgan fingerprint density at radius 2 is 1.03 bits per heavy atom. The van der Waals surface area contributed by atoms with E-state index in [0.29, 0.717) is 39.1 Å². The van der Waals surface area contributed by atoms with E-state index < -0.39 is 5.41 Å². The molecule has 0 fully saturated rings. The molecule has 0 saturated heterocycles. The van der Waals surface area contributed by atoms with Crippen LogP contribution in [0, 0.1) is 18.8 Å². The van der Waals surface area contributed by atoms with Crippen LogP contribution >= 0.6 is 0 Å². The number of hydrogen-bond acceptors (Lipinski definition) is 5. The van der Waals surface area contributed by atoms with Gasteiger partial charge in [-0.05, 0) is 137 Å². The van der Waals surface area contributed by atoms with Crippen molar-refractivity contribution in [1.29, 1.82) is 0 Å². The summed E-state index contributed by atoms with van der Waals surface area (Å²) in [7, 11) is 0. The fraction of sp³-hybridized carbons (Fsp3) is 0.153. The molecule has 0 atom stereocenters. The zero-order chi connectivity index (χ0) is 65.6. The molecule has 6 nitrogen and oxygen atoms in total. The summed E-state index contributed by atoms with van der Waals surface area (Å²) in [6.07, 6.45) is 1.75. The molecule has 2 aliphatic heterocycles. The third-order valence-electron chi connectivity index (χ3n) is 18.7. The van der Waals surface area contributed by atoms with Crippen molar-refractivity contribution < 1.29 is 31.3 Å². The fourth-order valence-corrected chi connectivity index (χ4v) is 14.3. The van der Waals surface area contributed by atoms with Crippen LogP contribution in [0.5, 0.6) is 11.5 Å². The topological polar surface area (TPSA) is 36.8 Å². The molecular weight excluding hydrogens is 1300 g/mol. The van der Waals surface area contributed by atoms with E-state index in [1.807, 2.05) is 30.3 Å². The van der Waals surface area contributed by atoms with E-state index in [1.54, 1.807) is 16.8 Å². The summed E-state index contributed by atoms with van der Waals surface area (Å²) in [4.78, 5) is 11.8. The van der Waals surface area contributed by atoms with Gasteiger partial charge in [0.2, 0.25) is 0 Å². The predicted molar refractivity (Wildman–Crippen MR) is 377 cm³/mol. The molecule has 0 bridgehead atoms. The zero-order valence-corrected chi connectivity index (χ0v) is 55.2. The third kappa shape index (κ3) is 9.35. The van der Waals surface area contributed by atoms with Crippen molar-refractivity contribution in [2.75, 3.05) is 14.7 Å². The minimum atomic E-state index is -0.667. The molecule has 1 spiro atoms. The van der Waals surface area contributed by atoms with Gasteiger partial charge in [0.15, 0.2) is 0 Å². The second-order valence-corrected chi connectivity index (χ2v) is 27.4. The molecule has 0 N–H and O–H groups in total. The number of para-hydroxylation sites is 7. The van der Waals surface area contributed by atoms with Crippen LogP contribution < -0.4 is 19.4 Å². The van der Waals surface area contributed by atoms with Gasteiger partial charge in [-0.1, -0.05) is 232 Å². The Morgan fingerprint density at radius 1 is 0.467 bits per heavy atom. The van der Waals surface area contributed by atoms with E-state index in [0.717, 1.165) is 67.6 Å². The smallest absolute Gasteiger partial charge is 0.135 e. The summed E-state index contributed by atoms with van der Waals surface area (Å²) >= 11 is 0. The first-order valence-electron chi connectivity index (χ1n) is 33.4. The zero-order valence-electron chi connectivity index (χ0n) is 57.0. The van der Waals surface area contributed by atoms with Gasteiger partial charge in [0.05, 0.1) is 22.3 Å². The SMILES string of the molecule is [2H]c1c([2H])c([2H])c2c(c1[2H])c1ccc(Oc3[c-]c(N4[CH-]N(c5c(-c6cc(C(C)(C)C)cc(C(C)(C)C)c6)cccc5-c5cccc6c5-c5ccccc5C65c6ccccc6N(c6ccccc6)c6ccccc65)c5ccccc54)ccc3)[c-]c1n2-c1cc(C(C)(C)C)ccn1.[Pt]. The van der Waals surface area contributed by atoms with Crippen LogP contribution in [-0.4, -0.2) is 9.55 Å². The van der Waals surface area contributed by atoms with E-state index in [-0.39, 0.29) is 61.5 Å². The van der Waals surface area contributed by atoms with Crippen molar-refractivity contribution >= 4 is 61.6 Å². The number of pyridine rings is 1. The molecule has 13 aromatic rings. The van der Waals surface area contributed by atoms with Crippen molar-refractivity contribution in [1.82, 2.24) is 9.55 Å². The van der Waals surface area contributed by atoms with Crippen LogP contribution in [0.25, 0.3) is 61.0 Å². The molecule has 92 heavy (non-hydrogen) atoms. The molecule has 2 aromatic heterocycles. The van der Waals surface area contributed by atoms with Gasteiger partial charge in [-0.25, -0.2) is 4.98 Å². The first-order chi connectivity index (χ1) is 45.7. The van der Waals surface area contributed by atoms with E-state index in [2.05, 4.69) is 284 Å². The summed E-state index contributed by atoms with van der Waals surface area (Å²) in [6.45, 7) is 22.4. The first kappa shape index (κ1) is 54.0. The molecule has 454 valence electrons. The Morgan fingerprint density at radius 3 is 1.74 bits per heavy atom. The predicted octanol–water partition coefficient (Wildman–Crippen LogP) is 22.4. The molecule has 7 heteroatoms. The van der Waals surface area contributed by atoms with E-state index in [1.165, 1.54) is 44.5 Å². The Hall–Kier alpha value is -9.74. The average Bonchev–Trinajstić information content (AvgIpc) is 1.42. The van der Waals surface area contributed by atoms with Gasteiger partial charge in [0.1, 0.15) is 5.82 Å². The van der Waals surface area contributed by atoms with Crippen LogP contribution in [-0.2, 0) is 42.7 Å². The molecule has 0 saturated carbocycles. The molecular formula is C85H70N5OPt-3. The van der Waals surface area contributed by atoms with Gasteiger partial charge in [0.25, 0.3) is 0 Å². The largest absolute Gasteiger partial charge is 0.509 e. The van der Waals surface area contributed by atoms with Gasteiger partial charge in [0, 0.05) is 78.2 Å². The molecule has 0 amide bonds. The number of rotatable bonds is 8. The normalized spacial score (nSPS) is 14.4. The summed E-state index contributed by atoms with van der Waals surface area (Å²) in [5.41, 5.74) is 22.1. The Labute approximate surface area is 560 Å². The number of aromatic nitrogens is 2. The van der Waals surface area contributed by atoms with Gasteiger partial charge >= 0.3 is 0 Å². The maximum atomic E-state index is 9.22. The summed E-state index contributed by atoms with van der Waals surface area (Å²) in [5.74, 6) is 1.34. The third-order valence-corrected chi connectivity index (χ3v) is 18.7. The number of fused-ring (bicyclic) bond motifs is 13. The average molecular weight is 1380 g/mol. The second kappa shape index (κ2) is 22.0. The van der Waals surface area contributed by atoms with Crippen LogP contribution in [0.2, 0.25) is 0 Å². The molecule has 16 rings (SSSR count). The molecule has 3 aliphatic rings. The van der Waals surface area contributed by atoms with Crippen LogP contribution in [0.3, 0.4) is 0 Å². The van der Waals surface area contributed by atoms with Crippen molar-refractivity contribution in [3.05, 3.63) is 313 Å². The molecule has 4 heterocycles. The Kier molecular flexibility index (Phi) is 12.9. The molecule has 1 aliphatic carbocycles. The maximum absolute atomic E-state index is 9.22. The summed E-state index contributed by atoms with van der Waals surface area (Å²) in [6, 6.07) is 87.3. The fourth-order valence-electron chi connectivity index (χ4n) is 14.3. The van der Waals surface area contributed by atoms with Gasteiger partial charge in [-0.2, -0.15) is 12.1 Å². The van der Waals surface area contributed by atoms with Gasteiger partial charge < -0.3 is 24.0 Å². The monoisotopic (exact) mass is 1380 g/mol. The number of hydrogen-bond donors (Lipinski definition) is 0. The van der Waals surface area contributed by atoms with E-state index in [9.17, 15) is 1.37 Å². The van der Waals surface area contributed by atoms with Gasteiger partial charge in [-0.15, -0.1) is 48.1 Å². The van der Waals surface area contributed by atoms with Crippen LogP contribution in [0.4, 0.5) is 39.8 Å². The maximum Gasteiger partial charge on any atom is 0.135 e. The minimum Gasteiger partial charge on any atom is -0.509 e. The molecule has 0 radical (unpaired) electrons. The van der Waals surface area contributed by atoms with E-state index in [4.69, 9.17) is 13.8 Å². The molecule has 0 unspecified atom stereocenters. The number of anilines is 7. The summed E-state index contributed by atoms with van der Waals surface area (Å²) in [5, 5.41) is 0.993. The quantitative estimate of drug-likeness (QED) is 0.142. The summed E-state index contributed by atoms with van der Waals surface area (Å²) < 4.78 is 44.4. The van der Waals surface area contributed by atoms with Crippen molar-refractivity contribution in [2.45, 2.75) is 84.0 Å². The Bertz CT molecular complexity index is 5230. The first-order valence-corrected chi connectivity index (χ1v) is 31.4. The van der Waals surface area contributed by atoms with Gasteiger partial charge in [-0.3, -0.25) is 0 Å². The van der Waals surface area contributed by atoms with Crippen molar-refractivity contribution in [3.63, 3.8) is 0 Å². The Balaban J connectivity index is 0.00000756.